The average Bonchev–Trinajstić information content (AvgIpc) is 1.64. The van der Waals surface area contributed by atoms with E-state index in [1.165, 1.54) is 19.3 Å². The van der Waals surface area contributed by atoms with Gasteiger partial charge in [0, 0.05) is 6.54 Å². The van der Waals surface area contributed by atoms with Crippen molar-refractivity contribution in [2.45, 2.75) is 26.2 Å². The van der Waals surface area contributed by atoms with Crippen molar-refractivity contribution in [2.24, 2.45) is 5.41 Å². The van der Waals surface area contributed by atoms with Gasteiger partial charge in [0.2, 0.25) is 0 Å². The standard InChI is InChI=1S/C6H12FN/c1-6(5-8-7)3-2-4-6/h8H,2-5H2,1H3. The molecule has 0 heterocycles. The van der Waals surface area contributed by atoms with E-state index in [1.807, 2.05) is 0 Å². The fraction of sp³-hybridized carbons (Fsp3) is 1.00. The lowest BCUT2D eigenvalue weighted by molar-refractivity contribution is 0.121. The molecular weight excluding hydrogens is 105 g/mol. The lowest BCUT2D eigenvalue weighted by atomic mass is 9.71. The van der Waals surface area contributed by atoms with Crippen LogP contribution in [-0.4, -0.2) is 6.54 Å². The summed E-state index contributed by atoms with van der Waals surface area (Å²) in [5.74, 6) is 0. The van der Waals surface area contributed by atoms with E-state index in [2.05, 4.69) is 6.92 Å². The van der Waals surface area contributed by atoms with Crippen LogP contribution in [0.2, 0.25) is 0 Å². The first-order valence-corrected chi connectivity index (χ1v) is 3.10. The number of rotatable bonds is 2. The fourth-order valence-electron chi connectivity index (χ4n) is 1.12. The second kappa shape index (κ2) is 2.02. The van der Waals surface area contributed by atoms with Crippen LogP contribution in [0.15, 0.2) is 0 Å². The molecule has 0 aromatic rings. The van der Waals surface area contributed by atoms with Gasteiger partial charge < -0.3 is 0 Å². The number of halogens is 1. The van der Waals surface area contributed by atoms with Gasteiger partial charge in [-0.15, -0.1) is 4.48 Å². The largest absolute Gasteiger partial charge is 0.159 e. The third kappa shape index (κ3) is 0.996. The fourth-order valence-corrected chi connectivity index (χ4v) is 1.12. The topological polar surface area (TPSA) is 12.0 Å². The van der Waals surface area contributed by atoms with Crippen molar-refractivity contribution in [1.29, 1.82) is 0 Å². The minimum atomic E-state index is 0.286. The van der Waals surface area contributed by atoms with E-state index in [-0.39, 0.29) is 5.41 Å². The highest BCUT2D eigenvalue weighted by atomic mass is 19.2. The Morgan fingerprint density at radius 1 is 1.62 bits per heavy atom. The van der Waals surface area contributed by atoms with Gasteiger partial charge in [0.25, 0.3) is 0 Å². The van der Waals surface area contributed by atoms with Crippen LogP contribution in [0.1, 0.15) is 26.2 Å². The van der Waals surface area contributed by atoms with Gasteiger partial charge in [-0.2, -0.15) is 5.54 Å². The molecule has 1 saturated carbocycles. The van der Waals surface area contributed by atoms with Gasteiger partial charge in [-0.05, 0) is 18.3 Å². The Hall–Kier alpha value is -0.110. The number of hydrogen-bond acceptors (Lipinski definition) is 1. The molecule has 0 aromatic heterocycles. The van der Waals surface area contributed by atoms with Gasteiger partial charge in [-0.25, -0.2) is 0 Å². The Labute approximate surface area is 49.2 Å². The van der Waals surface area contributed by atoms with Crippen molar-refractivity contribution in [3.8, 4) is 0 Å². The van der Waals surface area contributed by atoms with E-state index in [1.54, 1.807) is 5.54 Å². The van der Waals surface area contributed by atoms with Gasteiger partial charge in [-0.1, -0.05) is 13.3 Å². The highest BCUT2D eigenvalue weighted by Gasteiger charge is 2.30. The second-order valence-corrected chi connectivity index (χ2v) is 2.97. The molecule has 8 heavy (non-hydrogen) atoms. The van der Waals surface area contributed by atoms with Crippen LogP contribution >= 0.6 is 0 Å². The van der Waals surface area contributed by atoms with E-state index in [4.69, 9.17) is 0 Å². The van der Waals surface area contributed by atoms with Crippen LogP contribution in [0.5, 0.6) is 0 Å². The van der Waals surface area contributed by atoms with Crippen molar-refractivity contribution in [1.82, 2.24) is 5.54 Å². The van der Waals surface area contributed by atoms with E-state index >= 15 is 0 Å². The van der Waals surface area contributed by atoms with E-state index < -0.39 is 0 Å². The molecule has 0 amide bonds. The van der Waals surface area contributed by atoms with Gasteiger partial charge >= 0.3 is 0 Å². The molecule has 1 aliphatic rings. The molecule has 0 unspecified atom stereocenters. The van der Waals surface area contributed by atoms with Gasteiger partial charge in [0.1, 0.15) is 0 Å². The molecule has 1 aliphatic carbocycles. The smallest absolute Gasteiger partial charge is 0.0313 e. The summed E-state index contributed by atoms with van der Waals surface area (Å²) >= 11 is 0. The first-order chi connectivity index (χ1) is 3.77. The van der Waals surface area contributed by atoms with Gasteiger partial charge in [0.05, 0.1) is 0 Å². The van der Waals surface area contributed by atoms with Crippen LogP contribution in [-0.2, 0) is 0 Å². The summed E-state index contributed by atoms with van der Waals surface area (Å²) in [6.45, 7) is 2.65. The van der Waals surface area contributed by atoms with Crippen molar-refractivity contribution in [3.05, 3.63) is 0 Å². The van der Waals surface area contributed by atoms with Crippen LogP contribution in [0.25, 0.3) is 0 Å². The summed E-state index contributed by atoms with van der Waals surface area (Å²) in [7, 11) is 0. The summed E-state index contributed by atoms with van der Waals surface area (Å²) < 4.78 is 11.5. The predicted octanol–water partition coefficient (Wildman–Crippen LogP) is 1.65. The Morgan fingerprint density at radius 3 is 2.38 bits per heavy atom. The molecule has 0 aliphatic heterocycles. The van der Waals surface area contributed by atoms with Crippen LogP contribution in [0.3, 0.4) is 0 Å². The summed E-state index contributed by atoms with van der Waals surface area (Å²) in [4.78, 5) is 0. The Bertz CT molecular complexity index is 78.6. The van der Waals surface area contributed by atoms with Crippen LogP contribution in [0, 0.1) is 5.41 Å². The summed E-state index contributed by atoms with van der Waals surface area (Å²) in [5.41, 5.74) is 2.00. The van der Waals surface area contributed by atoms with Crippen molar-refractivity contribution >= 4 is 0 Å². The van der Waals surface area contributed by atoms with Crippen molar-refractivity contribution < 1.29 is 4.48 Å². The van der Waals surface area contributed by atoms with Crippen LogP contribution in [0.4, 0.5) is 4.48 Å². The maximum Gasteiger partial charge on any atom is 0.0313 e. The maximum absolute atomic E-state index is 11.5. The monoisotopic (exact) mass is 117 g/mol. The summed E-state index contributed by atoms with van der Waals surface area (Å²) in [5, 5.41) is 0. The minimum absolute atomic E-state index is 0.286. The normalized spacial score (nSPS) is 24.8. The third-order valence-electron chi connectivity index (χ3n) is 2.05. The first kappa shape index (κ1) is 6.02. The molecule has 1 rings (SSSR count). The zero-order chi connectivity index (χ0) is 6.04. The van der Waals surface area contributed by atoms with Crippen molar-refractivity contribution in [3.63, 3.8) is 0 Å². The molecule has 1 N–H and O–H groups in total. The molecule has 1 fully saturated rings. The zero-order valence-corrected chi connectivity index (χ0v) is 5.21. The molecular formula is C6H12FN. The predicted molar refractivity (Wildman–Crippen MR) is 31.1 cm³/mol. The SMILES string of the molecule is CC1(CNF)CCC1. The zero-order valence-electron chi connectivity index (χ0n) is 5.21. The third-order valence-corrected chi connectivity index (χ3v) is 2.05. The quantitative estimate of drug-likeness (QED) is 0.542. The van der Waals surface area contributed by atoms with Gasteiger partial charge in [0.15, 0.2) is 0 Å². The van der Waals surface area contributed by atoms with E-state index in [0.29, 0.717) is 6.54 Å². The maximum atomic E-state index is 11.5. The molecule has 0 aromatic carbocycles. The van der Waals surface area contributed by atoms with E-state index in [9.17, 15) is 4.48 Å². The summed E-state index contributed by atoms with van der Waals surface area (Å²) in [6, 6.07) is 0. The Kier molecular flexibility index (Phi) is 1.52. The molecule has 0 spiro atoms. The lowest BCUT2D eigenvalue weighted by Gasteiger charge is -2.37. The average molecular weight is 117 g/mol. The second-order valence-electron chi connectivity index (χ2n) is 2.97. The molecule has 0 atom stereocenters. The van der Waals surface area contributed by atoms with E-state index in [0.717, 1.165) is 0 Å². The van der Waals surface area contributed by atoms with Crippen LogP contribution < -0.4 is 5.54 Å². The number of hydrogen-bond donors (Lipinski definition) is 1. The molecule has 2 heteroatoms. The molecule has 0 saturated heterocycles. The number of nitrogens with one attached hydrogen (secondary N) is 1. The van der Waals surface area contributed by atoms with Crippen molar-refractivity contribution in [2.75, 3.05) is 6.54 Å². The molecule has 0 radical (unpaired) electrons. The molecule has 1 nitrogen and oxygen atoms in total. The van der Waals surface area contributed by atoms with Gasteiger partial charge in [-0.3, -0.25) is 0 Å². The minimum Gasteiger partial charge on any atom is -0.159 e. The lowest BCUT2D eigenvalue weighted by Crippen LogP contribution is -2.34. The summed E-state index contributed by atoms with van der Waals surface area (Å²) in [6.07, 6.45) is 3.64. The Balaban J connectivity index is 2.20. The first-order valence-electron chi connectivity index (χ1n) is 3.10. The molecule has 0 bridgehead atoms. The highest BCUT2D eigenvalue weighted by molar-refractivity contribution is 4.83. The molecule has 48 valence electrons. The highest BCUT2D eigenvalue weighted by Crippen LogP contribution is 2.39. The Morgan fingerprint density at radius 2 is 2.25 bits per heavy atom.